The van der Waals surface area contributed by atoms with Crippen LogP contribution in [0.25, 0.3) is 11.3 Å². The maximum absolute atomic E-state index is 5.43. The van der Waals surface area contributed by atoms with Gasteiger partial charge in [-0.05, 0) is 28.1 Å². The first-order chi connectivity index (χ1) is 9.21. The molecule has 0 radical (unpaired) electrons. The monoisotopic (exact) mass is 323 g/mol. The first-order valence-electron chi connectivity index (χ1n) is 5.62. The van der Waals surface area contributed by atoms with Crippen LogP contribution in [0.15, 0.2) is 29.0 Å². The molecule has 1 heterocycles. The van der Waals surface area contributed by atoms with Crippen LogP contribution in [0.3, 0.4) is 0 Å². The van der Waals surface area contributed by atoms with Gasteiger partial charge in [0, 0.05) is 12.6 Å². The van der Waals surface area contributed by atoms with Crippen molar-refractivity contribution in [2.75, 3.05) is 26.6 Å². The number of halogens is 1. The molecule has 1 aromatic carbocycles. The lowest BCUT2D eigenvalue weighted by Gasteiger charge is -2.13. The van der Waals surface area contributed by atoms with Crippen LogP contribution in [-0.4, -0.2) is 31.2 Å². The minimum Gasteiger partial charge on any atom is -0.495 e. The second-order valence-electron chi connectivity index (χ2n) is 3.70. The van der Waals surface area contributed by atoms with Crippen molar-refractivity contribution in [3.05, 3.63) is 29.0 Å². The minimum atomic E-state index is 0.668. The number of methoxy groups -OCH3 is 2. The molecule has 5 nitrogen and oxygen atoms in total. The SMILES string of the molecule is CNc1cncc(-c2ccc(OC)c(Br)c2OC)n1. The zero-order valence-electron chi connectivity index (χ0n) is 10.9. The van der Waals surface area contributed by atoms with E-state index in [0.29, 0.717) is 17.3 Å². The van der Waals surface area contributed by atoms with E-state index < -0.39 is 0 Å². The molecule has 1 aromatic heterocycles. The van der Waals surface area contributed by atoms with E-state index in [4.69, 9.17) is 9.47 Å². The Hall–Kier alpha value is -1.82. The van der Waals surface area contributed by atoms with E-state index in [1.165, 1.54) is 0 Å². The van der Waals surface area contributed by atoms with Gasteiger partial charge in [-0.3, -0.25) is 4.98 Å². The summed E-state index contributed by atoms with van der Waals surface area (Å²) in [5, 5.41) is 2.96. The van der Waals surface area contributed by atoms with Gasteiger partial charge in [-0.25, -0.2) is 4.98 Å². The largest absolute Gasteiger partial charge is 0.495 e. The van der Waals surface area contributed by atoms with Crippen LogP contribution in [-0.2, 0) is 0 Å². The molecular weight excluding hydrogens is 310 g/mol. The van der Waals surface area contributed by atoms with Crippen LogP contribution in [0.5, 0.6) is 11.5 Å². The lowest BCUT2D eigenvalue weighted by Crippen LogP contribution is -1.97. The number of hydrogen-bond acceptors (Lipinski definition) is 5. The maximum atomic E-state index is 5.43. The highest BCUT2D eigenvalue weighted by molar-refractivity contribution is 9.10. The highest BCUT2D eigenvalue weighted by atomic mass is 79.9. The van der Waals surface area contributed by atoms with E-state index in [-0.39, 0.29) is 0 Å². The van der Waals surface area contributed by atoms with Crippen molar-refractivity contribution in [1.82, 2.24) is 9.97 Å². The summed E-state index contributed by atoms with van der Waals surface area (Å²) in [5.74, 6) is 2.08. The predicted octanol–water partition coefficient (Wildman–Crippen LogP) is 2.97. The number of aromatic nitrogens is 2. The number of nitrogens with zero attached hydrogens (tertiary/aromatic N) is 2. The lowest BCUT2D eigenvalue weighted by molar-refractivity contribution is 0.390. The van der Waals surface area contributed by atoms with Gasteiger partial charge in [0.25, 0.3) is 0 Å². The Morgan fingerprint density at radius 1 is 1.16 bits per heavy atom. The van der Waals surface area contributed by atoms with E-state index in [0.717, 1.165) is 15.7 Å². The molecule has 0 aliphatic heterocycles. The molecule has 2 rings (SSSR count). The van der Waals surface area contributed by atoms with Crippen molar-refractivity contribution in [2.45, 2.75) is 0 Å². The highest BCUT2D eigenvalue weighted by Crippen LogP contribution is 2.41. The molecule has 0 unspecified atom stereocenters. The molecule has 0 bridgehead atoms. The fourth-order valence-corrected chi connectivity index (χ4v) is 2.38. The summed E-state index contributed by atoms with van der Waals surface area (Å²) in [6, 6.07) is 3.75. The smallest absolute Gasteiger partial charge is 0.146 e. The molecule has 2 aromatic rings. The van der Waals surface area contributed by atoms with Crippen LogP contribution >= 0.6 is 15.9 Å². The molecule has 0 spiro atoms. The van der Waals surface area contributed by atoms with Crippen molar-refractivity contribution in [3.63, 3.8) is 0 Å². The zero-order chi connectivity index (χ0) is 13.8. The molecule has 0 saturated heterocycles. The van der Waals surface area contributed by atoms with Crippen LogP contribution in [0.2, 0.25) is 0 Å². The molecule has 100 valence electrons. The standard InChI is InChI=1S/C13H14BrN3O2/c1-15-11-7-16-6-9(17-11)8-4-5-10(18-2)12(14)13(8)19-3/h4-7H,1-3H3,(H,15,17). The van der Waals surface area contributed by atoms with E-state index >= 15 is 0 Å². The van der Waals surface area contributed by atoms with E-state index in [1.807, 2.05) is 12.1 Å². The fraction of sp³-hybridized carbons (Fsp3) is 0.231. The Kier molecular flexibility index (Phi) is 4.21. The van der Waals surface area contributed by atoms with Crippen molar-refractivity contribution < 1.29 is 9.47 Å². The summed E-state index contributed by atoms with van der Waals surface area (Å²) >= 11 is 3.47. The van der Waals surface area contributed by atoms with Crippen molar-refractivity contribution in [2.24, 2.45) is 0 Å². The molecule has 0 amide bonds. The first-order valence-corrected chi connectivity index (χ1v) is 6.41. The van der Waals surface area contributed by atoms with Crippen LogP contribution in [0.1, 0.15) is 0 Å². The summed E-state index contributed by atoms with van der Waals surface area (Å²) < 4.78 is 11.4. The zero-order valence-corrected chi connectivity index (χ0v) is 12.5. The Morgan fingerprint density at radius 3 is 2.58 bits per heavy atom. The molecule has 6 heteroatoms. The third-order valence-corrected chi connectivity index (χ3v) is 3.40. The van der Waals surface area contributed by atoms with Gasteiger partial charge in [0.1, 0.15) is 21.8 Å². The molecule has 0 aliphatic rings. The van der Waals surface area contributed by atoms with Gasteiger partial charge in [0.15, 0.2) is 0 Å². The summed E-state index contributed by atoms with van der Waals surface area (Å²) in [5.41, 5.74) is 1.58. The molecular formula is C13H14BrN3O2. The van der Waals surface area contributed by atoms with Crippen molar-refractivity contribution in [3.8, 4) is 22.8 Å². The second kappa shape index (κ2) is 5.88. The molecule has 19 heavy (non-hydrogen) atoms. The normalized spacial score (nSPS) is 10.1. The average Bonchev–Trinajstić information content (AvgIpc) is 2.47. The van der Waals surface area contributed by atoms with E-state index in [1.54, 1.807) is 33.7 Å². The molecule has 1 N–H and O–H groups in total. The average molecular weight is 324 g/mol. The van der Waals surface area contributed by atoms with Crippen molar-refractivity contribution >= 4 is 21.7 Å². The Balaban J connectivity index is 2.58. The number of benzene rings is 1. The highest BCUT2D eigenvalue weighted by Gasteiger charge is 2.15. The van der Waals surface area contributed by atoms with E-state index in [9.17, 15) is 0 Å². The van der Waals surface area contributed by atoms with Gasteiger partial charge in [0.05, 0.1) is 32.3 Å². The third-order valence-electron chi connectivity index (χ3n) is 2.65. The van der Waals surface area contributed by atoms with Gasteiger partial charge in [0.2, 0.25) is 0 Å². The molecule has 0 aliphatic carbocycles. The molecule has 0 fully saturated rings. The van der Waals surface area contributed by atoms with Gasteiger partial charge < -0.3 is 14.8 Å². The number of nitrogens with one attached hydrogen (secondary N) is 1. The number of anilines is 1. The van der Waals surface area contributed by atoms with Gasteiger partial charge >= 0.3 is 0 Å². The first kappa shape index (κ1) is 13.6. The topological polar surface area (TPSA) is 56.3 Å². The molecule has 0 atom stereocenters. The second-order valence-corrected chi connectivity index (χ2v) is 4.50. The van der Waals surface area contributed by atoms with Crippen LogP contribution in [0.4, 0.5) is 5.82 Å². The Bertz CT molecular complexity index is 590. The minimum absolute atomic E-state index is 0.668. The third kappa shape index (κ3) is 2.63. The van der Waals surface area contributed by atoms with Gasteiger partial charge in [-0.15, -0.1) is 0 Å². The van der Waals surface area contributed by atoms with Gasteiger partial charge in [-0.1, -0.05) is 0 Å². The Morgan fingerprint density at radius 2 is 1.95 bits per heavy atom. The van der Waals surface area contributed by atoms with Crippen LogP contribution in [0, 0.1) is 0 Å². The number of ether oxygens (including phenoxy) is 2. The van der Waals surface area contributed by atoms with Gasteiger partial charge in [-0.2, -0.15) is 0 Å². The maximum Gasteiger partial charge on any atom is 0.146 e. The van der Waals surface area contributed by atoms with E-state index in [2.05, 4.69) is 31.2 Å². The van der Waals surface area contributed by atoms with Crippen LogP contribution < -0.4 is 14.8 Å². The molecule has 0 saturated carbocycles. The number of rotatable bonds is 4. The predicted molar refractivity (Wildman–Crippen MR) is 77.8 cm³/mol. The number of hydrogen-bond donors (Lipinski definition) is 1. The quantitative estimate of drug-likeness (QED) is 0.937. The van der Waals surface area contributed by atoms with Crippen molar-refractivity contribution in [1.29, 1.82) is 0 Å². The summed E-state index contributed by atoms with van der Waals surface area (Å²) in [6.45, 7) is 0. The summed E-state index contributed by atoms with van der Waals surface area (Å²) in [6.07, 6.45) is 3.35. The Labute approximate surface area is 120 Å². The lowest BCUT2D eigenvalue weighted by atomic mass is 10.1. The fourth-order valence-electron chi connectivity index (χ4n) is 1.71. The summed E-state index contributed by atoms with van der Waals surface area (Å²) in [7, 11) is 5.02. The summed E-state index contributed by atoms with van der Waals surface area (Å²) in [4.78, 5) is 8.60.